The first kappa shape index (κ1) is 14.3. The van der Waals surface area contributed by atoms with E-state index in [2.05, 4.69) is 34.6 Å². The van der Waals surface area contributed by atoms with E-state index in [0.29, 0.717) is 0 Å². The van der Waals surface area contributed by atoms with Gasteiger partial charge in [-0.1, -0.05) is 31.4 Å². The minimum absolute atomic E-state index is 0.197. The van der Waals surface area contributed by atoms with Crippen molar-refractivity contribution in [1.82, 2.24) is 14.9 Å². The Kier molecular flexibility index (Phi) is 4.68. The van der Waals surface area contributed by atoms with Crippen molar-refractivity contribution >= 4 is 0 Å². The molecular formula is C17H23N3O. The summed E-state index contributed by atoms with van der Waals surface area (Å²) >= 11 is 0. The fourth-order valence-corrected chi connectivity index (χ4v) is 2.97. The van der Waals surface area contributed by atoms with Crippen molar-refractivity contribution in [3.05, 3.63) is 48.5 Å². The van der Waals surface area contributed by atoms with Crippen LogP contribution >= 0.6 is 0 Å². The van der Waals surface area contributed by atoms with Crippen LogP contribution in [0.25, 0.3) is 5.69 Å². The van der Waals surface area contributed by atoms with Gasteiger partial charge in [-0.2, -0.15) is 0 Å². The third-order valence-electron chi connectivity index (χ3n) is 4.29. The summed E-state index contributed by atoms with van der Waals surface area (Å²) in [5.41, 5.74) is 2.36. The van der Waals surface area contributed by atoms with Crippen LogP contribution in [-0.4, -0.2) is 26.8 Å². The monoisotopic (exact) mass is 285 g/mol. The first-order chi connectivity index (χ1) is 10.3. The molecule has 2 N–H and O–H groups in total. The molecule has 1 fully saturated rings. The van der Waals surface area contributed by atoms with Crippen LogP contribution in [0.15, 0.2) is 43.0 Å². The fraction of sp³-hybridized carbons (Fsp3) is 0.471. The van der Waals surface area contributed by atoms with Gasteiger partial charge in [0, 0.05) is 30.7 Å². The molecule has 2 atom stereocenters. The molecule has 4 heteroatoms. The Bertz CT molecular complexity index is 536. The highest BCUT2D eigenvalue weighted by molar-refractivity contribution is 5.34. The molecule has 1 saturated carbocycles. The Morgan fingerprint density at radius 2 is 1.95 bits per heavy atom. The van der Waals surface area contributed by atoms with Crippen LogP contribution in [0.2, 0.25) is 0 Å². The van der Waals surface area contributed by atoms with Crippen molar-refractivity contribution in [3.63, 3.8) is 0 Å². The van der Waals surface area contributed by atoms with Crippen molar-refractivity contribution in [3.8, 4) is 5.69 Å². The van der Waals surface area contributed by atoms with E-state index in [1.165, 1.54) is 18.4 Å². The van der Waals surface area contributed by atoms with Crippen LogP contribution in [0.3, 0.4) is 0 Å². The van der Waals surface area contributed by atoms with E-state index < -0.39 is 0 Å². The number of aromatic nitrogens is 2. The van der Waals surface area contributed by atoms with Gasteiger partial charge in [-0.25, -0.2) is 4.98 Å². The number of nitrogens with one attached hydrogen (secondary N) is 1. The summed E-state index contributed by atoms with van der Waals surface area (Å²) in [4.78, 5) is 4.06. The number of rotatable bonds is 4. The van der Waals surface area contributed by atoms with E-state index in [9.17, 15) is 5.11 Å². The molecule has 2 aromatic rings. The minimum Gasteiger partial charge on any atom is -0.392 e. The third-order valence-corrected chi connectivity index (χ3v) is 4.29. The number of hydrogen-bond donors (Lipinski definition) is 2. The van der Waals surface area contributed by atoms with E-state index in [1.54, 1.807) is 12.5 Å². The molecule has 21 heavy (non-hydrogen) atoms. The molecule has 0 bridgehead atoms. The molecule has 1 aromatic heterocycles. The first-order valence-corrected chi connectivity index (χ1v) is 7.81. The number of imidazole rings is 1. The molecule has 3 rings (SSSR count). The van der Waals surface area contributed by atoms with Crippen molar-refractivity contribution in [2.24, 2.45) is 0 Å². The predicted octanol–water partition coefficient (Wildman–Crippen LogP) is 2.66. The van der Waals surface area contributed by atoms with Crippen LogP contribution in [0.1, 0.15) is 37.7 Å². The third kappa shape index (κ3) is 3.71. The Labute approximate surface area is 125 Å². The van der Waals surface area contributed by atoms with Crippen LogP contribution < -0.4 is 5.32 Å². The summed E-state index contributed by atoms with van der Waals surface area (Å²) in [5, 5.41) is 13.6. The van der Waals surface area contributed by atoms with Gasteiger partial charge >= 0.3 is 0 Å². The predicted molar refractivity (Wildman–Crippen MR) is 83.3 cm³/mol. The van der Waals surface area contributed by atoms with Crippen molar-refractivity contribution < 1.29 is 5.11 Å². The molecular weight excluding hydrogens is 262 g/mol. The van der Waals surface area contributed by atoms with Crippen LogP contribution in [0.4, 0.5) is 0 Å². The maximum atomic E-state index is 10.1. The van der Waals surface area contributed by atoms with Gasteiger partial charge in [0.1, 0.15) is 0 Å². The number of nitrogens with zero attached hydrogens (tertiary/aromatic N) is 2. The van der Waals surface area contributed by atoms with Gasteiger partial charge in [0.15, 0.2) is 0 Å². The van der Waals surface area contributed by atoms with Crippen molar-refractivity contribution in [2.45, 2.75) is 50.8 Å². The zero-order valence-corrected chi connectivity index (χ0v) is 12.3. The van der Waals surface area contributed by atoms with E-state index >= 15 is 0 Å². The topological polar surface area (TPSA) is 50.1 Å². The van der Waals surface area contributed by atoms with E-state index in [1.807, 2.05) is 10.8 Å². The largest absolute Gasteiger partial charge is 0.392 e. The molecule has 0 spiro atoms. The summed E-state index contributed by atoms with van der Waals surface area (Å²) in [6, 6.07) is 8.70. The Morgan fingerprint density at radius 1 is 1.14 bits per heavy atom. The molecule has 0 radical (unpaired) electrons. The normalized spacial score (nSPS) is 22.9. The first-order valence-electron chi connectivity index (χ1n) is 7.81. The zero-order chi connectivity index (χ0) is 14.5. The highest BCUT2D eigenvalue weighted by Gasteiger charge is 2.20. The summed E-state index contributed by atoms with van der Waals surface area (Å²) < 4.78 is 1.99. The number of aliphatic hydroxyl groups is 1. The lowest BCUT2D eigenvalue weighted by atomic mass is 10.1. The van der Waals surface area contributed by atoms with Crippen molar-refractivity contribution in [2.75, 3.05) is 0 Å². The molecule has 1 aromatic carbocycles. The molecule has 0 amide bonds. The fourth-order valence-electron chi connectivity index (χ4n) is 2.97. The van der Waals surface area contributed by atoms with Gasteiger partial charge in [-0.05, 0) is 30.5 Å². The van der Waals surface area contributed by atoms with Gasteiger partial charge < -0.3 is 15.0 Å². The molecule has 0 aliphatic heterocycles. The number of aliphatic hydroxyl groups excluding tert-OH is 1. The smallest absolute Gasteiger partial charge is 0.0991 e. The van der Waals surface area contributed by atoms with E-state index in [0.717, 1.165) is 31.5 Å². The molecule has 1 heterocycles. The Morgan fingerprint density at radius 3 is 2.71 bits per heavy atom. The second-order valence-electron chi connectivity index (χ2n) is 5.83. The lowest BCUT2D eigenvalue weighted by Gasteiger charge is -2.22. The summed E-state index contributed by atoms with van der Waals surface area (Å²) in [5.74, 6) is 0. The van der Waals surface area contributed by atoms with Crippen LogP contribution in [0, 0.1) is 0 Å². The molecule has 112 valence electrons. The lowest BCUT2D eigenvalue weighted by molar-refractivity contribution is 0.119. The Balaban J connectivity index is 1.58. The average molecular weight is 285 g/mol. The van der Waals surface area contributed by atoms with E-state index in [-0.39, 0.29) is 12.1 Å². The second-order valence-corrected chi connectivity index (χ2v) is 5.83. The van der Waals surface area contributed by atoms with Crippen LogP contribution in [-0.2, 0) is 6.54 Å². The average Bonchev–Trinajstić information content (AvgIpc) is 2.97. The number of benzene rings is 1. The quantitative estimate of drug-likeness (QED) is 0.849. The molecule has 1 aliphatic carbocycles. The van der Waals surface area contributed by atoms with Gasteiger partial charge in [0.2, 0.25) is 0 Å². The zero-order valence-electron chi connectivity index (χ0n) is 12.3. The second kappa shape index (κ2) is 6.87. The number of hydrogen-bond acceptors (Lipinski definition) is 3. The van der Waals surface area contributed by atoms with Crippen LogP contribution in [0.5, 0.6) is 0 Å². The standard InChI is InChI=1S/C17H23N3O/c21-17-5-3-1-2-4-16(17)19-12-14-6-8-15(9-7-14)20-11-10-18-13-20/h6-11,13,16-17,19,21H,1-5,12H2. The van der Waals surface area contributed by atoms with Gasteiger partial charge in [-0.3, -0.25) is 0 Å². The molecule has 0 saturated heterocycles. The minimum atomic E-state index is -0.197. The molecule has 2 unspecified atom stereocenters. The van der Waals surface area contributed by atoms with Gasteiger partial charge in [0.25, 0.3) is 0 Å². The van der Waals surface area contributed by atoms with Gasteiger partial charge in [-0.15, -0.1) is 0 Å². The maximum absolute atomic E-state index is 10.1. The summed E-state index contributed by atoms with van der Waals surface area (Å²) in [7, 11) is 0. The Hall–Kier alpha value is -1.65. The maximum Gasteiger partial charge on any atom is 0.0991 e. The molecule has 1 aliphatic rings. The summed E-state index contributed by atoms with van der Waals surface area (Å²) in [6.07, 6.45) is 10.9. The highest BCUT2D eigenvalue weighted by atomic mass is 16.3. The molecule has 4 nitrogen and oxygen atoms in total. The highest BCUT2D eigenvalue weighted by Crippen LogP contribution is 2.18. The van der Waals surface area contributed by atoms with Gasteiger partial charge in [0.05, 0.1) is 12.4 Å². The summed E-state index contributed by atoms with van der Waals surface area (Å²) in [6.45, 7) is 0.811. The van der Waals surface area contributed by atoms with E-state index in [4.69, 9.17) is 0 Å². The SMILES string of the molecule is OC1CCCCCC1NCc1ccc(-n2ccnc2)cc1. The van der Waals surface area contributed by atoms with Crippen molar-refractivity contribution in [1.29, 1.82) is 0 Å². The lowest BCUT2D eigenvalue weighted by Crippen LogP contribution is -2.38.